The van der Waals surface area contributed by atoms with Crippen molar-refractivity contribution >= 4 is 16.9 Å². The van der Waals surface area contributed by atoms with Crippen molar-refractivity contribution in [2.75, 3.05) is 0 Å². The number of carbonyl (C=O) groups excluding carboxylic acids is 1. The van der Waals surface area contributed by atoms with E-state index in [2.05, 4.69) is 0 Å². The summed E-state index contributed by atoms with van der Waals surface area (Å²) in [5, 5.41) is 0.323. The van der Waals surface area contributed by atoms with E-state index in [1.807, 2.05) is 25.1 Å². The van der Waals surface area contributed by atoms with E-state index in [1.54, 1.807) is 12.1 Å². The molecule has 0 atom stereocenters. The van der Waals surface area contributed by atoms with E-state index in [0.29, 0.717) is 11.1 Å². The molecule has 0 spiro atoms. The lowest BCUT2D eigenvalue weighted by molar-refractivity contribution is 0.0701. The molecule has 6 heteroatoms. The third-order valence-corrected chi connectivity index (χ3v) is 4.22. The lowest BCUT2D eigenvalue weighted by atomic mass is 10.1. The fraction of sp³-hybridized carbons (Fsp3) is 0.0909. The molecule has 0 saturated carbocycles. The van der Waals surface area contributed by atoms with Crippen LogP contribution in [0, 0.1) is 0 Å². The first kappa shape index (κ1) is 17.6. The van der Waals surface area contributed by atoms with E-state index in [4.69, 9.17) is 18.3 Å². The van der Waals surface area contributed by atoms with Gasteiger partial charge in [-0.25, -0.2) is 4.79 Å². The van der Waals surface area contributed by atoms with Gasteiger partial charge in [-0.05, 0) is 42.3 Å². The summed E-state index contributed by atoms with van der Waals surface area (Å²) in [4.78, 5) is 24.7. The zero-order valence-corrected chi connectivity index (χ0v) is 15.0. The third kappa shape index (κ3) is 3.40. The molecule has 0 radical (unpaired) electrons. The number of para-hydroxylation sites is 1. The number of rotatable bonds is 5. The number of hydrogen-bond acceptors (Lipinski definition) is 6. The SMILES string of the molecule is CCc1ccccc1Oc1coc2cc(OC(=O)c3ccco3)ccc2c1=O. The second kappa shape index (κ2) is 7.44. The minimum absolute atomic E-state index is 0.0832. The molecule has 28 heavy (non-hydrogen) atoms. The average Bonchev–Trinajstić information content (AvgIpc) is 3.25. The molecular formula is C22H16O6. The maximum atomic E-state index is 12.7. The Morgan fingerprint density at radius 3 is 2.64 bits per heavy atom. The van der Waals surface area contributed by atoms with Gasteiger partial charge in [0.05, 0.1) is 11.6 Å². The molecule has 0 aliphatic heterocycles. The molecule has 0 saturated heterocycles. The van der Waals surface area contributed by atoms with E-state index < -0.39 is 5.97 Å². The van der Waals surface area contributed by atoms with E-state index >= 15 is 0 Å². The van der Waals surface area contributed by atoms with Gasteiger partial charge in [0.15, 0.2) is 0 Å². The third-order valence-electron chi connectivity index (χ3n) is 4.22. The number of furan rings is 1. The van der Waals surface area contributed by atoms with Crippen LogP contribution in [-0.4, -0.2) is 5.97 Å². The van der Waals surface area contributed by atoms with E-state index in [9.17, 15) is 9.59 Å². The summed E-state index contributed by atoms with van der Waals surface area (Å²) in [6.07, 6.45) is 3.42. The highest BCUT2D eigenvalue weighted by molar-refractivity contribution is 5.89. The highest BCUT2D eigenvalue weighted by atomic mass is 16.5. The monoisotopic (exact) mass is 376 g/mol. The Balaban J connectivity index is 1.63. The number of esters is 1. The van der Waals surface area contributed by atoms with E-state index in [1.165, 1.54) is 36.8 Å². The molecule has 0 aliphatic rings. The molecule has 0 fully saturated rings. The molecule has 6 nitrogen and oxygen atoms in total. The molecule has 2 heterocycles. The predicted molar refractivity (Wildman–Crippen MR) is 102 cm³/mol. The summed E-state index contributed by atoms with van der Waals surface area (Å²) < 4.78 is 21.6. The van der Waals surface area contributed by atoms with Crippen LogP contribution in [0.2, 0.25) is 0 Å². The van der Waals surface area contributed by atoms with Crippen LogP contribution in [0.15, 0.2) is 80.8 Å². The van der Waals surface area contributed by atoms with Gasteiger partial charge in [0, 0.05) is 6.07 Å². The number of aryl methyl sites for hydroxylation is 1. The maximum absolute atomic E-state index is 12.7. The fourth-order valence-electron chi connectivity index (χ4n) is 2.79. The molecule has 0 amide bonds. The Labute approximate surface area is 159 Å². The highest BCUT2D eigenvalue weighted by Gasteiger charge is 2.15. The molecule has 4 aromatic rings. The molecule has 4 rings (SSSR count). The first-order valence-corrected chi connectivity index (χ1v) is 8.72. The van der Waals surface area contributed by atoms with Crippen LogP contribution in [0.3, 0.4) is 0 Å². The summed E-state index contributed by atoms with van der Waals surface area (Å²) in [6.45, 7) is 2.01. The Morgan fingerprint density at radius 1 is 1.00 bits per heavy atom. The van der Waals surface area contributed by atoms with Crippen molar-refractivity contribution in [1.82, 2.24) is 0 Å². The topological polar surface area (TPSA) is 78.9 Å². The second-order valence-corrected chi connectivity index (χ2v) is 6.02. The number of benzene rings is 2. The molecule has 0 N–H and O–H groups in total. The Hall–Kier alpha value is -3.80. The molecule has 2 aromatic heterocycles. The largest absolute Gasteiger partial charge is 0.460 e. The van der Waals surface area contributed by atoms with Gasteiger partial charge in [0.2, 0.25) is 16.9 Å². The van der Waals surface area contributed by atoms with E-state index in [0.717, 1.165) is 12.0 Å². The summed E-state index contributed by atoms with van der Waals surface area (Å²) in [5.41, 5.74) is 0.962. The minimum Gasteiger partial charge on any atom is -0.460 e. The Bertz CT molecular complexity index is 1190. The molecule has 0 aliphatic carbocycles. The average molecular weight is 376 g/mol. The standard InChI is InChI=1S/C22H16O6/c1-2-14-6-3-4-7-17(14)28-20-13-26-19-12-15(9-10-16(19)21(20)23)27-22(24)18-8-5-11-25-18/h3-13H,2H2,1H3. The molecule has 2 aromatic carbocycles. The van der Waals surface area contributed by atoms with Gasteiger partial charge in [-0.1, -0.05) is 25.1 Å². The van der Waals surface area contributed by atoms with Crippen LogP contribution in [0.5, 0.6) is 17.2 Å². The van der Waals surface area contributed by atoms with Crippen molar-refractivity contribution in [2.24, 2.45) is 0 Å². The van der Waals surface area contributed by atoms with Crippen molar-refractivity contribution < 1.29 is 23.1 Å². The first-order valence-electron chi connectivity index (χ1n) is 8.72. The van der Waals surface area contributed by atoms with Crippen LogP contribution < -0.4 is 14.9 Å². The maximum Gasteiger partial charge on any atom is 0.379 e. The van der Waals surface area contributed by atoms with Crippen LogP contribution in [0.25, 0.3) is 11.0 Å². The lowest BCUT2D eigenvalue weighted by Gasteiger charge is -2.09. The van der Waals surface area contributed by atoms with Gasteiger partial charge in [-0.2, -0.15) is 0 Å². The number of hydrogen-bond donors (Lipinski definition) is 0. The predicted octanol–water partition coefficient (Wildman–Crippen LogP) is 4.96. The normalized spacial score (nSPS) is 10.8. The van der Waals surface area contributed by atoms with Gasteiger partial charge in [-0.3, -0.25) is 4.79 Å². The minimum atomic E-state index is -0.636. The number of fused-ring (bicyclic) bond motifs is 1. The summed E-state index contributed by atoms with van der Waals surface area (Å²) in [5.74, 6) is 0.388. The fourth-order valence-corrected chi connectivity index (χ4v) is 2.79. The zero-order valence-electron chi connectivity index (χ0n) is 15.0. The van der Waals surface area contributed by atoms with Gasteiger partial charge in [0.1, 0.15) is 23.3 Å². The van der Waals surface area contributed by atoms with Crippen LogP contribution in [-0.2, 0) is 6.42 Å². The van der Waals surface area contributed by atoms with Crippen molar-refractivity contribution in [3.8, 4) is 17.2 Å². The van der Waals surface area contributed by atoms with Crippen molar-refractivity contribution in [3.63, 3.8) is 0 Å². The highest BCUT2D eigenvalue weighted by Crippen LogP contribution is 2.26. The number of ether oxygens (including phenoxy) is 2. The number of carbonyl (C=O) groups is 1. The zero-order chi connectivity index (χ0) is 19.5. The summed E-state index contributed by atoms with van der Waals surface area (Å²) >= 11 is 0. The Morgan fingerprint density at radius 2 is 1.86 bits per heavy atom. The lowest BCUT2D eigenvalue weighted by Crippen LogP contribution is -2.08. The molecule has 0 bridgehead atoms. The van der Waals surface area contributed by atoms with Crippen molar-refractivity contribution in [1.29, 1.82) is 0 Å². The van der Waals surface area contributed by atoms with Gasteiger partial charge < -0.3 is 18.3 Å². The second-order valence-electron chi connectivity index (χ2n) is 6.02. The quantitative estimate of drug-likeness (QED) is 0.362. The van der Waals surface area contributed by atoms with Crippen molar-refractivity contribution in [2.45, 2.75) is 13.3 Å². The smallest absolute Gasteiger partial charge is 0.379 e. The van der Waals surface area contributed by atoms with E-state index in [-0.39, 0.29) is 28.3 Å². The van der Waals surface area contributed by atoms with Crippen LogP contribution in [0.1, 0.15) is 23.0 Å². The summed E-state index contributed by atoms with van der Waals surface area (Å²) in [7, 11) is 0. The van der Waals surface area contributed by atoms with Gasteiger partial charge >= 0.3 is 5.97 Å². The molecular weight excluding hydrogens is 360 g/mol. The Kier molecular flexibility index (Phi) is 4.68. The molecule has 140 valence electrons. The van der Waals surface area contributed by atoms with Gasteiger partial charge in [-0.15, -0.1) is 0 Å². The molecule has 0 unspecified atom stereocenters. The van der Waals surface area contributed by atoms with Crippen molar-refractivity contribution in [3.05, 3.63) is 88.7 Å². The first-order chi connectivity index (χ1) is 13.7. The van der Waals surface area contributed by atoms with Crippen LogP contribution >= 0.6 is 0 Å². The summed E-state index contributed by atoms with van der Waals surface area (Å²) in [6, 6.07) is 15.1. The van der Waals surface area contributed by atoms with Gasteiger partial charge in [0.25, 0.3) is 0 Å². The van der Waals surface area contributed by atoms with Crippen LogP contribution in [0.4, 0.5) is 0 Å².